The first kappa shape index (κ1) is 13.4. The van der Waals surface area contributed by atoms with Crippen LogP contribution < -0.4 is 16.8 Å². The molecule has 1 aromatic heterocycles. The molecule has 0 radical (unpaired) electrons. The van der Waals surface area contributed by atoms with Gasteiger partial charge in [-0.05, 0) is 47.9 Å². The maximum atomic E-state index is 11.2. The molecule has 1 aromatic carbocycles. The van der Waals surface area contributed by atoms with E-state index in [-0.39, 0.29) is 6.04 Å². The van der Waals surface area contributed by atoms with Gasteiger partial charge in [-0.2, -0.15) is 11.3 Å². The largest absolute Gasteiger partial charge is 0.396 e. The molecule has 0 aliphatic heterocycles. The predicted molar refractivity (Wildman–Crippen MR) is 80.5 cm³/mol. The van der Waals surface area contributed by atoms with Gasteiger partial charge in [0.25, 0.3) is 5.91 Å². The molecule has 2 aromatic rings. The first-order valence-electron chi connectivity index (χ1n) is 6.04. The summed E-state index contributed by atoms with van der Waals surface area (Å²) < 4.78 is 0. The molecule has 0 spiro atoms. The Bertz CT molecular complexity index is 566. The van der Waals surface area contributed by atoms with Crippen LogP contribution in [0.1, 0.15) is 22.8 Å². The number of primary amides is 1. The fraction of sp³-hybridized carbons (Fsp3) is 0.214. The van der Waals surface area contributed by atoms with Crippen molar-refractivity contribution in [2.45, 2.75) is 19.4 Å². The molecular formula is C14H17N3OS. The smallest absolute Gasteiger partial charge is 0.250 e. The zero-order chi connectivity index (χ0) is 13.8. The number of rotatable bonds is 5. The minimum atomic E-state index is -0.508. The molecule has 0 aliphatic rings. The van der Waals surface area contributed by atoms with Crippen molar-refractivity contribution in [1.29, 1.82) is 0 Å². The summed E-state index contributed by atoms with van der Waals surface area (Å²) in [6.07, 6.45) is 0.906. The topological polar surface area (TPSA) is 81.1 Å². The Kier molecular flexibility index (Phi) is 4.06. The number of nitrogen functional groups attached to an aromatic ring is 1. The van der Waals surface area contributed by atoms with Crippen LogP contribution in [-0.4, -0.2) is 11.9 Å². The SMILES string of the molecule is CC(Cc1ccsc1)Nc1cccc(C(N)=O)c1N. The lowest BCUT2D eigenvalue weighted by atomic mass is 10.1. The number of nitrogens with two attached hydrogens (primary N) is 2. The number of nitrogens with one attached hydrogen (secondary N) is 1. The molecular weight excluding hydrogens is 258 g/mol. The van der Waals surface area contributed by atoms with Gasteiger partial charge < -0.3 is 16.8 Å². The second-order valence-electron chi connectivity index (χ2n) is 4.51. The third kappa shape index (κ3) is 3.26. The number of anilines is 2. The summed E-state index contributed by atoms with van der Waals surface area (Å²) in [5.41, 5.74) is 14.0. The molecule has 5 N–H and O–H groups in total. The molecule has 0 saturated carbocycles. The molecule has 2 rings (SSSR count). The number of benzene rings is 1. The average molecular weight is 275 g/mol. The van der Waals surface area contributed by atoms with Crippen LogP contribution in [0, 0.1) is 0 Å². The summed E-state index contributed by atoms with van der Waals surface area (Å²) in [5.74, 6) is -0.508. The summed E-state index contributed by atoms with van der Waals surface area (Å²) in [6.45, 7) is 2.08. The van der Waals surface area contributed by atoms with Gasteiger partial charge in [0.15, 0.2) is 0 Å². The van der Waals surface area contributed by atoms with Gasteiger partial charge in [-0.3, -0.25) is 4.79 Å². The van der Waals surface area contributed by atoms with Crippen LogP contribution in [0.5, 0.6) is 0 Å². The molecule has 1 unspecified atom stereocenters. The van der Waals surface area contributed by atoms with E-state index in [2.05, 4.69) is 29.1 Å². The number of carbonyl (C=O) groups is 1. The van der Waals surface area contributed by atoms with E-state index in [0.29, 0.717) is 11.3 Å². The van der Waals surface area contributed by atoms with Crippen molar-refractivity contribution < 1.29 is 4.79 Å². The second-order valence-corrected chi connectivity index (χ2v) is 5.29. The zero-order valence-electron chi connectivity index (χ0n) is 10.7. The van der Waals surface area contributed by atoms with E-state index in [9.17, 15) is 4.79 Å². The van der Waals surface area contributed by atoms with E-state index in [4.69, 9.17) is 11.5 Å². The summed E-state index contributed by atoms with van der Waals surface area (Å²) in [5, 5.41) is 7.50. The highest BCUT2D eigenvalue weighted by atomic mass is 32.1. The number of thiophene rings is 1. The molecule has 100 valence electrons. The van der Waals surface area contributed by atoms with E-state index in [1.54, 1.807) is 23.5 Å². The van der Waals surface area contributed by atoms with Crippen molar-refractivity contribution in [1.82, 2.24) is 0 Å². The summed E-state index contributed by atoms with van der Waals surface area (Å²) in [4.78, 5) is 11.2. The maximum Gasteiger partial charge on any atom is 0.250 e. The molecule has 0 bridgehead atoms. The lowest BCUT2D eigenvalue weighted by molar-refractivity contribution is 0.100. The Labute approximate surface area is 116 Å². The molecule has 4 nitrogen and oxygen atoms in total. The summed E-state index contributed by atoms with van der Waals surface area (Å²) in [6, 6.07) is 7.58. The Hall–Kier alpha value is -2.01. The fourth-order valence-corrected chi connectivity index (χ4v) is 2.67. The lowest BCUT2D eigenvalue weighted by Crippen LogP contribution is -2.20. The van der Waals surface area contributed by atoms with Crippen molar-refractivity contribution in [2.24, 2.45) is 5.73 Å². The van der Waals surface area contributed by atoms with Crippen molar-refractivity contribution in [3.05, 3.63) is 46.2 Å². The standard InChI is InChI=1S/C14H17N3OS/c1-9(7-10-5-6-19-8-10)17-12-4-2-3-11(13(12)15)14(16)18/h2-6,8-9,17H,7,15H2,1H3,(H2,16,18). The van der Waals surface area contributed by atoms with Crippen LogP contribution in [0.2, 0.25) is 0 Å². The quantitative estimate of drug-likeness (QED) is 0.733. The van der Waals surface area contributed by atoms with E-state index < -0.39 is 5.91 Å². The van der Waals surface area contributed by atoms with E-state index in [1.807, 2.05) is 6.07 Å². The highest BCUT2D eigenvalue weighted by molar-refractivity contribution is 7.07. The summed E-state index contributed by atoms with van der Waals surface area (Å²) in [7, 11) is 0. The summed E-state index contributed by atoms with van der Waals surface area (Å²) >= 11 is 1.68. The molecule has 0 fully saturated rings. The van der Waals surface area contributed by atoms with E-state index >= 15 is 0 Å². The molecule has 0 saturated heterocycles. The minimum Gasteiger partial charge on any atom is -0.396 e. The van der Waals surface area contributed by atoms with Gasteiger partial charge in [0.1, 0.15) is 0 Å². The van der Waals surface area contributed by atoms with Gasteiger partial charge in [0.05, 0.1) is 16.9 Å². The minimum absolute atomic E-state index is 0.222. The van der Waals surface area contributed by atoms with Crippen LogP contribution in [0.4, 0.5) is 11.4 Å². The van der Waals surface area contributed by atoms with Gasteiger partial charge >= 0.3 is 0 Å². The normalized spacial score (nSPS) is 12.1. The van der Waals surface area contributed by atoms with Crippen LogP contribution in [0.15, 0.2) is 35.0 Å². The Balaban J connectivity index is 2.10. The van der Waals surface area contributed by atoms with Gasteiger partial charge in [-0.25, -0.2) is 0 Å². The molecule has 1 amide bonds. The number of hydrogen-bond acceptors (Lipinski definition) is 4. The zero-order valence-corrected chi connectivity index (χ0v) is 11.5. The number of carbonyl (C=O) groups excluding carboxylic acids is 1. The highest BCUT2D eigenvalue weighted by Gasteiger charge is 2.11. The Morgan fingerprint density at radius 2 is 2.21 bits per heavy atom. The van der Waals surface area contributed by atoms with Gasteiger partial charge in [0.2, 0.25) is 0 Å². The highest BCUT2D eigenvalue weighted by Crippen LogP contribution is 2.23. The molecule has 1 atom stereocenters. The van der Waals surface area contributed by atoms with Crippen molar-refractivity contribution in [2.75, 3.05) is 11.1 Å². The van der Waals surface area contributed by atoms with Crippen molar-refractivity contribution >= 4 is 28.6 Å². The van der Waals surface area contributed by atoms with Gasteiger partial charge in [0, 0.05) is 6.04 Å². The molecule has 1 heterocycles. The Morgan fingerprint density at radius 3 is 2.84 bits per heavy atom. The predicted octanol–water partition coefficient (Wildman–Crippen LogP) is 2.47. The van der Waals surface area contributed by atoms with Crippen LogP contribution >= 0.6 is 11.3 Å². The fourth-order valence-electron chi connectivity index (χ4n) is 1.98. The third-order valence-corrected chi connectivity index (χ3v) is 3.63. The first-order valence-corrected chi connectivity index (χ1v) is 6.98. The number of amides is 1. The maximum absolute atomic E-state index is 11.2. The van der Waals surface area contributed by atoms with Crippen LogP contribution in [0.3, 0.4) is 0 Å². The van der Waals surface area contributed by atoms with Crippen LogP contribution in [0.25, 0.3) is 0 Å². The first-order chi connectivity index (χ1) is 9.08. The lowest BCUT2D eigenvalue weighted by Gasteiger charge is -2.17. The third-order valence-electron chi connectivity index (χ3n) is 2.90. The van der Waals surface area contributed by atoms with Crippen molar-refractivity contribution in [3.63, 3.8) is 0 Å². The molecule has 19 heavy (non-hydrogen) atoms. The van der Waals surface area contributed by atoms with Gasteiger partial charge in [-0.1, -0.05) is 6.07 Å². The van der Waals surface area contributed by atoms with Crippen LogP contribution in [-0.2, 0) is 6.42 Å². The molecule has 5 heteroatoms. The van der Waals surface area contributed by atoms with Gasteiger partial charge in [-0.15, -0.1) is 0 Å². The van der Waals surface area contributed by atoms with E-state index in [1.165, 1.54) is 5.56 Å². The monoisotopic (exact) mass is 275 g/mol. The second kappa shape index (κ2) is 5.75. The molecule has 0 aliphatic carbocycles. The Morgan fingerprint density at radius 1 is 1.42 bits per heavy atom. The van der Waals surface area contributed by atoms with E-state index in [0.717, 1.165) is 12.1 Å². The van der Waals surface area contributed by atoms with Crippen molar-refractivity contribution in [3.8, 4) is 0 Å². The number of para-hydroxylation sites is 1. The number of hydrogen-bond donors (Lipinski definition) is 3. The average Bonchev–Trinajstić information content (AvgIpc) is 2.84.